The number of amides is 2. The molecule has 136 valence electrons. The highest BCUT2D eigenvalue weighted by molar-refractivity contribution is 5.82. The first-order valence-corrected chi connectivity index (χ1v) is 7.90. The quantitative estimate of drug-likeness (QED) is 0.373. The number of nitrogens with two attached hydrogens (primary N) is 2. The van der Waals surface area contributed by atoms with E-state index in [0.29, 0.717) is 18.8 Å². The van der Waals surface area contributed by atoms with E-state index >= 15 is 0 Å². The molecule has 0 radical (unpaired) electrons. The van der Waals surface area contributed by atoms with Crippen LogP contribution in [0.4, 0.5) is 4.79 Å². The Bertz CT molecular complexity index is 533. The molecular formula is C14H26N6O4. The standard InChI is InChI=1S/C14H26N6O4/c1-8(2)11(13(21)22)19-14(23)17-7-10-18-12(20-24-10)9(16)5-3-4-6-15/h8-9,11H,3-7,15-16H2,1-2H3,(H,21,22)(H2,17,19,23). The Balaban J connectivity index is 2.45. The zero-order chi connectivity index (χ0) is 18.1. The fraction of sp³-hybridized carbons (Fsp3) is 0.714. The first-order valence-electron chi connectivity index (χ1n) is 7.90. The normalized spacial score (nSPS) is 13.5. The third-order valence-electron chi connectivity index (χ3n) is 3.40. The van der Waals surface area contributed by atoms with Crippen LogP contribution in [0.3, 0.4) is 0 Å². The Morgan fingerprint density at radius 3 is 2.62 bits per heavy atom. The molecule has 0 aliphatic rings. The summed E-state index contributed by atoms with van der Waals surface area (Å²) in [4.78, 5) is 26.9. The highest BCUT2D eigenvalue weighted by Gasteiger charge is 2.23. The van der Waals surface area contributed by atoms with Gasteiger partial charge < -0.3 is 31.7 Å². The van der Waals surface area contributed by atoms with Crippen LogP contribution < -0.4 is 22.1 Å². The highest BCUT2D eigenvalue weighted by atomic mass is 16.5. The van der Waals surface area contributed by atoms with Crippen LogP contribution in [-0.2, 0) is 11.3 Å². The molecule has 0 aliphatic carbocycles. The molecule has 1 aromatic heterocycles. The molecule has 0 aliphatic heterocycles. The van der Waals surface area contributed by atoms with Gasteiger partial charge >= 0.3 is 12.0 Å². The summed E-state index contributed by atoms with van der Waals surface area (Å²) < 4.78 is 5.02. The number of urea groups is 1. The molecule has 0 spiro atoms. The second kappa shape index (κ2) is 9.83. The summed E-state index contributed by atoms with van der Waals surface area (Å²) in [5.74, 6) is -0.765. The minimum Gasteiger partial charge on any atom is -0.480 e. The molecule has 0 fully saturated rings. The van der Waals surface area contributed by atoms with Gasteiger partial charge in [-0.3, -0.25) is 0 Å². The van der Waals surface area contributed by atoms with Crippen molar-refractivity contribution in [2.45, 2.75) is 51.7 Å². The third-order valence-corrected chi connectivity index (χ3v) is 3.40. The SMILES string of the molecule is CC(C)C(NC(=O)NCc1nc(C(N)CCCCN)no1)C(=O)O. The smallest absolute Gasteiger partial charge is 0.326 e. The topological polar surface area (TPSA) is 169 Å². The molecule has 1 rings (SSSR count). The number of carboxylic acids is 1. The molecule has 0 saturated heterocycles. The molecule has 24 heavy (non-hydrogen) atoms. The van der Waals surface area contributed by atoms with Crippen LogP contribution in [-0.4, -0.2) is 39.8 Å². The number of carbonyl (C=O) groups excluding carboxylic acids is 1. The van der Waals surface area contributed by atoms with Gasteiger partial charge in [-0.1, -0.05) is 25.4 Å². The van der Waals surface area contributed by atoms with Crippen LogP contribution in [0.5, 0.6) is 0 Å². The number of nitrogens with one attached hydrogen (secondary N) is 2. The summed E-state index contributed by atoms with van der Waals surface area (Å²) in [5, 5.41) is 17.7. The van der Waals surface area contributed by atoms with Crippen molar-refractivity contribution in [3.8, 4) is 0 Å². The number of nitrogens with zero attached hydrogens (tertiary/aromatic N) is 2. The van der Waals surface area contributed by atoms with Gasteiger partial charge in [0.2, 0.25) is 5.89 Å². The fourth-order valence-electron chi connectivity index (χ4n) is 1.99. The minimum absolute atomic E-state index is 0.0151. The number of rotatable bonds is 10. The predicted molar refractivity (Wildman–Crippen MR) is 85.8 cm³/mol. The van der Waals surface area contributed by atoms with E-state index in [4.69, 9.17) is 21.1 Å². The van der Waals surface area contributed by atoms with E-state index in [9.17, 15) is 9.59 Å². The Hall–Kier alpha value is -2.20. The molecule has 10 nitrogen and oxygen atoms in total. The largest absolute Gasteiger partial charge is 0.480 e. The second-order valence-electron chi connectivity index (χ2n) is 5.82. The maximum Gasteiger partial charge on any atom is 0.326 e. The average Bonchev–Trinajstić information content (AvgIpc) is 2.99. The van der Waals surface area contributed by atoms with Crippen molar-refractivity contribution in [2.75, 3.05) is 6.54 Å². The van der Waals surface area contributed by atoms with Crippen LogP contribution in [0, 0.1) is 5.92 Å². The number of hydrogen-bond acceptors (Lipinski definition) is 7. The average molecular weight is 342 g/mol. The van der Waals surface area contributed by atoms with E-state index in [1.165, 1.54) is 0 Å². The molecule has 0 bridgehead atoms. The summed E-state index contributed by atoms with van der Waals surface area (Å²) >= 11 is 0. The van der Waals surface area contributed by atoms with E-state index < -0.39 is 18.0 Å². The molecule has 0 aromatic carbocycles. The molecule has 2 unspecified atom stereocenters. The van der Waals surface area contributed by atoms with Crippen LogP contribution in [0.2, 0.25) is 0 Å². The van der Waals surface area contributed by atoms with Crippen molar-refractivity contribution in [2.24, 2.45) is 17.4 Å². The Morgan fingerprint density at radius 2 is 2.04 bits per heavy atom. The zero-order valence-corrected chi connectivity index (χ0v) is 14.0. The Morgan fingerprint density at radius 1 is 1.33 bits per heavy atom. The number of unbranched alkanes of at least 4 members (excludes halogenated alkanes) is 1. The molecule has 0 saturated carbocycles. The lowest BCUT2D eigenvalue weighted by molar-refractivity contribution is -0.140. The summed E-state index contributed by atoms with van der Waals surface area (Å²) in [7, 11) is 0. The van der Waals surface area contributed by atoms with Crippen LogP contribution in [0.25, 0.3) is 0 Å². The van der Waals surface area contributed by atoms with Crippen LogP contribution in [0.1, 0.15) is 50.9 Å². The van der Waals surface area contributed by atoms with E-state index in [-0.39, 0.29) is 24.4 Å². The van der Waals surface area contributed by atoms with E-state index in [0.717, 1.165) is 12.8 Å². The van der Waals surface area contributed by atoms with Crippen molar-refractivity contribution in [3.63, 3.8) is 0 Å². The molecule has 7 N–H and O–H groups in total. The van der Waals surface area contributed by atoms with Crippen LogP contribution in [0.15, 0.2) is 4.52 Å². The van der Waals surface area contributed by atoms with E-state index in [2.05, 4.69) is 20.8 Å². The lowest BCUT2D eigenvalue weighted by Gasteiger charge is -2.17. The van der Waals surface area contributed by atoms with Gasteiger partial charge in [0.1, 0.15) is 6.04 Å². The number of carboxylic acid groups (broad SMARTS) is 1. The van der Waals surface area contributed by atoms with Crippen molar-refractivity contribution in [1.29, 1.82) is 0 Å². The van der Waals surface area contributed by atoms with Gasteiger partial charge in [-0.2, -0.15) is 4.98 Å². The Kier molecular flexibility index (Phi) is 8.13. The highest BCUT2D eigenvalue weighted by Crippen LogP contribution is 2.13. The molecule has 1 aromatic rings. The summed E-state index contributed by atoms with van der Waals surface area (Å²) in [6.07, 6.45) is 2.44. The van der Waals surface area contributed by atoms with Crippen molar-refractivity contribution in [3.05, 3.63) is 11.7 Å². The minimum atomic E-state index is -1.09. The summed E-state index contributed by atoms with van der Waals surface area (Å²) in [5.41, 5.74) is 11.4. The second-order valence-corrected chi connectivity index (χ2v) is 5.82. The number of aromatic nitrogens is 2. The third kappa shape index (κ3) is 6.50. The number of aliphatic carboxylic acids is 1. The predicted octanol–water partition coefficient (Wildman–Crippen LogP) is 0.107. The number of hydrogen-bond donors (Lipinski definition) is 5. The summed E-state index contributed by atoms with van der Waals surface area (Å²) in [6.45, 7) is 4.00. The van der Waals surface area contributed by atoms with E-state index in [1.807, 2.05) is 0 Å². The summed E-state index contributed by atoms with van der Waals surface area (Å²) in [6, 6.07) is -1.94. The molecule has 1 heterocycles. The van der Waals surface area contributed by atoms with Gasteiger partial charge in [0.15, 0.2) is 5.82 Å². The van der Waals surface area contributed by atoms with Gasteiger partial charge in [-0.15, -0.1) is 0 Å². The van der Waals surface area contributed by atoms with Crippen molar-refractivity contribution in [1.82, 2.24) is 20.8 Å². The van der Waals surface area contributed by atoms with Crippen LogP contribution >= 0.6 is 0 Å². The first-order chi connectivity index (χ1) is 11.3. The maximum atomic E-state index is 11.7. The number of carbonyl (C=O) groups is 2. The van der Waals surface area contributed by atoms with Gasteiger partial charge in [-0.25, -0.2) is 9.59 Å². The Labute approximate surface area is 140 Å². The zero-order valence-electron chi connectivity index (χ0n) is 14.0. The van der Waals surface area contributed by atoms with Crippen molar-refractivity contribution >= 4 is 12.0 Å². The maximum absolute atomic E-state index is 11.7. The van der Waals surface area contributed by atoms with E-state index in [1.54, 1.807) is 13.8 Å². The van der Waals surface area contributed by atoms with Gasteiger partial charge in [0.05, 0.1) is 12.6 Å². The molecule has 2 atom stereocenters. The lowest BCUT2D eigenvalue weighted by atomic mass is 10.1. The van der Waals surface area contributed by atoms with Crippen molar-refractivity contribution < 1.29 is 19.2 Å². The lowest BCUT2D eigenvalue weighted by Crippen LogP contribution is -2.48. The molecular weight excluding hydrogens is 316 g/mol. The molecule has 2 amide bonds. The first kappa shape index (κ1) is 19.8. The monoisotopic (exact) mass is 342 g/mol. The van der Waals surface area contributed by atoms with Gasteiger partial charge in [-0.05, 0) is 25.3 Å². The molecule has 10 heteroatoms. The fourth-order valence-corrected chi connectivity index (χ4v) is 1.99. The van der Waals surface area contributed by atoms with Gasteiger partial charge in [0.25, 0.3) is 0 Å². The van der Waals surface area contributed by atoms with Gasteiger partial charge in [0, 0.05) is 0 Å².